The molecule has 0 saturated heterocycles. The molecule has 0 unspecified atom stereocenters. The third-order valence-electron chi connectivity index (χ3n) is 3.14. The highest BCUT2D eigenvalue weighted by Crippen LogP contribution is 2.13. The van der Waals surface area contributed by atoms with Gasteiger partial charge in [-0.25, -0.2) is 4.68 Å². The fraction of sp³-hybridized carbons (Fsp3) is 0.438. The van der Waals surface area contributed by atoms with Crippen molar-refractivity contribution in [3.8, 4) is 5.75 Å². The van der Waals surface area contributed by atoms with Crippen LogP contribution in [0.3, 0.4) is 0 Å². The molecule has 0 amide bonds. The van der Waals surface area contributed by atoms with Crippen LogP contribution in [0.15, 0.2) is 24.3 Å². The molecule has 1 aromatic heterocycles. The first-order chi connectivity index (χ1) is 10.1. The van der Waals surface area contributed by atoms with Crippen LogP contribution in [0.5, 0.6) is 5.75 Å². The number of carbonyl (C=O) groups excluding carboxylic acids is 1. The Morgan fingerprint density at radius 1 is 1.38 bits per heavy atom. The van der Waals surface area contributed by atoms with Crippen LogP contribution in [0.2, 0.25) is 0 Å². The third kappa shape index (κ3) is 4.15. The zero-order chi connectivity index (χ0) is 15.2. The number of aryl methyl sites for hydroxylation is 1. The third-order valence-corrected chi connectivity index (χ3v) is 3.14. The quantitative estimate of drug-likeness (QED) is 0.735. The fourth-order valence-electron chi connectivity index (χ4n) is 2.17. The van der Waals surface area contributed by atoms with Crippen molar-refractivity contribution in [3.05, 3.63) is 41.2 Å². The monoisotopic (exact) mass is 287 g/mol. The average molecular weight is 287 g/mol. The molecular formula is C16H21N3O2. The van der Waals surface area contributed by atoms with Crippen LogP contribution in [-0.4, -0.2) is 27.9 Å². The van der Waals surface area contributed by atoms with Crippen molar-refractivity contribution in [1.82, 2.24) is 15.0 Å². The summed E-state index contributed by atoms with van der Waals surface area (Å²) in [5, 5.41) is 7.96. The largest absolute Gasteiger partial charge is 0.492 e. The van der Waals surface area contributed by atoms with Gasteiger partial charge in [0.25, 0.3) is 0 Å². The van der Waals surface area contributed by atoms with Crippen molar-refractivity contribution in [2.45, 2.75) is 33.7 Å². The molecule has 0 atom stereocenters. The highest BCUT2D eigenvalue weighted by molar-refractivity contribution is 5.73. The number of aldehydes is 1. The minimum absolute atomic E-state index is 0.430. The Balaban J connectivity index is 1.99. The zero-order valence-electron chi connectivity index (χ0n) is 12.7. The number of ether oxygens (including phenoxy) is 1. The Hall–Kier alpha value is -2.17. The van der Waals surface area contributed by atoms with Gasteiger partial charge in [0.2, 0.25) is 0 Å². The molecule has 0 aliphatic heterocycles. The summed E-state index contributed by atoms with van der Waals surface area (Å²) in [6.45, 7) is 7.32. The van der Waals surface area contributed by atoms with E-state index in [2.05, 4.69) is 24.2 Å². The molecular weight excluding hydrogens is 266 g/mol. The second-order valence-electron chi connectivity index (χ2n) is 5.53. The van der Waals surface area contributed by atoms with Crippen LogP contribution in [0.4, 0.5) is 0 Å². The standard InChI is InChI=1S/C16H21N3O2/c1-12(2)9-16-15(11-20)17-18-19(16)7-8-21-14-6-4-5-13(3)10-14/h4-6,10-12H,7-9H2,1-3H3. The molecule has 5 heteroatoms. The topological polar surface area (TPSA) is 57.0 Å². The molecule has 21 heavy (non-hydrogen) atoms. The Morgan fingerprint density at radius 2 is 2.19 bits per heavy atom. The zero-order valence-corrected chi connectivity index (χ0v) is 12.7. The molecule has 2 aromatic rings. The number of hydrogen-bond acceptors (Lipinski definition) is 4. The molecule has 0 aliphatic rings. The van der Waals surface area contributed by atoms with Gasteiger partial charge in [0.1, 0.15) is 18.1 Å². The number of rotatable bonds is 7. The Bertz CT molecular complexity index is 605. The Morgan fingerprint density at radius 3 is 2.86 bits per heavy atom. The van der Waals surface area contributed by atoms with Crippen molar-refractivity contribution in [3.63, 3.8) is 0 Å². The molecule has 0 N–H and O–H groups in total. The van der Waals surface area contributed by atoms with E-state index in [1.807, 2.05) is 31.2 Å². The second kappa shape index (κ2) is 7.02. The summed E-state index contributed by atoms with van der Waals surface area (Å²) in [7, 11) is 0. The predicted octanol–water partition coefficient (Wildman–Crippen LogP) is 2.68. The minimum atomic E-state index is 0.430. The van der Waals surface area contributed by atoms with Gasteiger partial charge in [0.05, 0.1) is 12.2 Å². The van der Waals surface area contributed by atoms with Gasteiger partial charge in [-0.2, -0.15) is 0 Å². The molecule has 2 rings (SSSR count). The van der Waals surface area contributed by atoms with Crippen LogP contribution in [0, 0.1) is 12.8 Å². The molecule has 0 aliphatic carbocycles. The molecule has 1 aromatic carbocycles. The molecule has 0 radical (unpaired) electrons. The van der Waals surface area contributed by atoms with Crippen molar-refractivity contribution < 1.29 is 9.53 Å². The molecule has 0 fully saturated rings. The van der Waals surface area contributed by atoms with Gasteiger partial charge in [0.15, 0.2) is 6.29 Å². The first-order valence-corrected chi connectivity index (χ1v) is 7.17. The second-order valence-corrected chi connectivity index (χ2v) is 5.53. The number of benzene rings is 1. The van der Waals surface area contributed by atoms with Crippen LogP contribution >= 0.6 is 0 Å². The number of nitrogens with zero attached hydrogens (tertiary/aromatic N) is 3. The van der Waals surface area contributed by atoms with Gasteiger partial charge < -0.3 is 4.74 Å². The molecule has 112 valence electrons. The summed E-state index contributed by atoms with van der Waals surface area (Å²) in [5.74, 6) is 1.29. The van der Waals surface area contributed by atoms with Crippen LogP contribution in [0.1, 0.15) is 35.6 Å². The van der Waals surface area contributed by atoms with Gasteiger partial charge in [0, 0.05) is 0 Å². The van der Waals surface area contributed by atoms with Crippen LogP contribution in [-0.2, 0) is 13.0 Å². The van der Waals surface area contributed by atoms with E-state index in [-0.39, 0.29) is 0 Å². The predicted molar refractivity (Wildman–Crippen MR) is 80.6 cm³/mol. The highest BCUT2D eigenvalue weighted by Gasteiger charge is 2.13. The maximum absolute atomic E-state index is 11.0. The van der Waals surface area contributed by atoms with E-state index in [0.717, 1.165) is 29.7 Å². The van der Waals surface area contributed by atoms with Crippen LogP contribution in [0.25, 0.3) is 0 Å². The van der Waals surface area contributed by atoms with Crippen LogP contribution < -0.4 is 4.74 Å². The van der Waals surface area contributed by atoms with Gasteiger partial charge in [-0.05, 0) is 37.0 Å². The summed E-state index contributed by atoms with van der Waals surface area (Å²) in [4.78, 5) is 11.0. The maximum atomic E-state index is 11.0. The highest BCUT2D eigenvalue weighted by atomic mass is 16.5. The van der Waals surface area contributed by atoms with Gasteiger partial charge in [-0.15, -0.1) is 5.10 Å². The van der Waals surface area contributed by atoms with Gasteiger partial charge in [-0.3, -0.25) is 4.79 Å². The van der Waals surface area contributed by atoms with Crippen molar-refractivity contribution in [1.29, 1.82) is 0 Å². The number of aromatic nitrogens is 3. The molecule has 1 heterocycles. The minimum Gasteiger partial charge on any atom is -0.492 e. The first kappa shape index (κ1) is 15.2. The van der Waals surface area contributed by atoms with E-state index in [1.165, 1.54) is 0 Å². The van der Waals surface area contributed by atoms with Gasteiger partial charge in [-0.1, -0.05) is 31.2 Å². The van der Waals surface area contributed by atoms with E-state index in [1.54, 1.807) is 4.68 Å². The molecule has 5 nitrogen and oxygen atoms in total. The van der Waals surface area contributed by atoms with Crippen molar-refractivity contribution >= 4 is 6.29 Å². The van der Waals surface area contributed by atoms with Crippen molar-refractivity contribution in [2.24, 2.45) is 5.92 Å². The Kier molecular flexibility index (Phi) is 5.09. The number of hydrogen-bond donors (Lipinski definition) is 0. The maximum Gasteiger partial charge on any atom is 0.172 e. The normalized spacial score (nSPS) is 10.9. The lowest BCUT2D eigenvalue weighted by atomic mass is 10.1. The van der Waals surface area contributed by atoms with E-state index >= 15 is 0 Å². The SMILES string of the molecule is Cc1cccc(OCCn2nnc(C=O)c2CC(C)C)c1. The van der Waals surface area contributed by atoms with Crippen molar-refractivity contribution in [2.75, 3.05) is 6.61 Å². The summed E-state index contributed by atoms with van der Waals surface area (Å²) in [6, 6.07) is 7.92. The van der Waals surface area contributed by atoms with Gasteiger partial charge >= 0.3 is 0 Å². The number of carbonyl (C=O) groups is 1. The van der Waals surface area contributed by atoms with E-state index in [9.17, 15) is 4.79 Å². The summed E-state index contributed by atoms with van der Waals surface area (Å²) >= 11 is 0. The molecule has 0 saturated carbocycles. The summed E-state index contributed by atoms with van der Waals surface area (Å²) < 4.78 is 7.48. The lowest BCUT2D eigenvalue weighted by Gasteiger charge is -2.10. The lowest BCUT2D eigenvalue weighted by molar-refractivity contribution is 0.111. The molecule has 0 bridgehead atoms. The Labute approximate surface area is 124 Å². The first-order valence-electron chi connectivity index (χ1n) is 7.17. The molecule has 0 spiro atoms. The fourth-order valence-corrected chi connectivity index (χ4v) is 2.17. The van der Waals surface area contributed by atoms with E-state index in [0.29, 0.717) is 24.8 Å². The summed E-state index contributed by atoms with van der Waals surface area (Å²) in [5.41, 5.74) is 2.48. The smallest absolute Gasteiger partial charge is 0.172 e. The van der Waals surface area contributed by atoms with E-state index < -0.39 is 0 Å². The summed E-state index contributed by atoms with van der Waals surface area (Å²) in [6.07, 6.45) is 1.55. The average Bonchev–Trinajstić information content (AvgIpc) is 2.80. The van der Waals surface area contributed by atoms with E-state index in [4.69, 9.17) is 4.74 Å². The lowest BCUT2D eigenvalue weighted by Crippen LogP contribution is -2.14.